The number of nitrogens with one attached hydrogen (secondary N) is 1. The van der Waals surface area contributed by atoms with Crippen molar-refractivity contribution in [3.05, 3.63) is 29.8 Å². The van der Waals surface area contributed by atoms with Crippen molar-refractivity contribution in [3.63, 3.8) is 0 Å². The van der Waals surface area contributed by atoms with Crippen LogP contribution >= 0.6 is 0 Å². The molecule has 7 heteroatoms. The minimum absolute atomic E-state index is 0.137. The van der Waals surface area contributed by atoms with Crippen molar-refractivity contribution < 1.29 is 22.7 Å². The maximum atomic E-state index is 12.0. The smallest absolute Gasteiger partial charge is 0.455 e. The Balaban J connectivity index is 2.28. The quantitative estimate of drug-likeness (QED) is 0.382. The molecule has 0 aliphatic heterocycles. The van der Waals surface area contributed by atoms with Crippen molar-refractivity contribution in [2.45, 2.75) is 29.9 Å². The van der Waals surface area contributed by atoms with Crippen molar-refractivity contribution in [3.8, 4) is 0 Å². The number of rotatable bonds is 5. The van der Waals surface area contributed by atoms with E-state index in [4.69, 9.17) is 10.3 Å². The van der Waals surface area contributed by atoms with Crippen LogP contribution < -0.4 is 0 Å². The molecule has 1 aromatic rings. The Hall–Kier alpha value is -1.98. The molecule has 2 rings (SSSR count). The fraction of sp³-hybridized carbons (Fsp3) is 0.385. The summed E-state index contributed by atoms with van der Waals surface area (Å²) in [6.45, 7) is 1.84. The molecule has 0 heterocycles. The van der Waals surface area contributed by atoms with Crippen molar-refractivity contribution in [2.24, 2.45) is 0 Å². The van der Waals surface area contributed by atoms with Gasteiger partial charge in [-0.3, -0.25) is 0 Å². The number of nitrogens with zero attached hydrogens (tertiary/aromatic N) is 1. The molecule has 1 saturated carbocycles. The summed E-state index contributed by atoms with van der Waals surface area (Å²) in [6, 6.07) is 5.82. The highest BCUT2D eigenvalue weighted by atomic mass is 32.2. The summed E-state index contributed by atoms with van der Waals surface area (Å²) in [5, 5.41) is -0.275. The second kappa shape index (κ2) is 5.56. The molecule has 0 unspecified atom stereocenters. The predicted molar refractivity (Wildman–Crippen MR) is 70.4 cm³/mol. The number of hydrogen-bond donors (Lipinski definition) is 1. The van der Waals surface area contributed by atoms with E-state index in [9.17, 15) is 13.2 Å². The SMILES string of the molecule is CCOC(=O)C(=[N+]=N)c1ccc(S(=O)(=O)C2CC2)cc1. The molecule has 1 aliphatic carbocycles. The van der Waals surface area contributed by atoms with E-state index in [1.807, 2.05) is 0 Å². The number of carbonyl (C=O) groups excluding carboxylic acids is 1. The Labute approximate surface area is 116 Å². The first kappa shape index (κ1) is 14.4. The molecule has 0 spiro atoms. The zero-order chi connectivity index (χ0) is 14.8. The summed E-state index contributed by atoms with van der Waals surface area (Å²) in [5.74, 6) is -0.694. The van der Waals surface area contributed by atoms with Gasteiger partial charge < -0.3 is 4.74 Å². The van der Waals surface area contributed by atoms with Gasteiger partial charge in [-0.05, 0) is 44.0 Å². The van der Waals surface area contributed by atoms with Gasteiger partial charge >= 0.3 is 11.7 Å². The van der Waals surface area contributed by atoms with E-state index in [0.29, 0.717) is 18.4 Å². The molecule has 20 heavy (non-hydrogen) atoms. The van der Waals surface area contributed by atoms with Crippen LogP contribution in [-0.2, 0) is 19.4 Å². The van der Waals surface area contributed by atoms with E-state index in [1.54, 1.807) is 6.92 Å². The van der Waals surface area contributed by atoms with Gasteiger partial charge in [-0.25, -0.2) is 13.2 Å². The number of sulfone groups is 1. The molecule has 1 aliphatic rings. The Morgan fingerprint density at radius 3 is 2.40 bits per heavy atom. The Morgan fingerprint density at radius 1 is 1.35 bits per heavy atom. The van der Waals surface area contributed by atoms with Crippen LogP contribution in [0.2, 0.25) is 0 Å². The third-order valence-corrected chi connectivity index (χ3v) is 5.28. The molecular formula is C13H15N2O4S+. The zero-order valence-corrected chi connectivity index (χ0v) is 11.8. The van der Waals surface area contributed by atoms with E-state index in [1.165, 1.54) is 24.3 Å². The number of hydrogen-bond acceptors (Lipinski definition) is 5. The monoisotopic (exact) mass is 295 g/mol. The van der Waals surface area contributed by atoms with Gasteiger partial charge in [0.15, 0.2) is 9.84 Å². The van der Waals surface area contributed by atoms with Crippen molar-refractivity contribution >= 4 is 21.5 Å². The molecule has 0 saturated heterocycles. The molecule has 0 atom stereocenters. The minimum Gasteiger partial charge on any atom is -0.457 e. The minimum atomic E-state index is -3.25. The van der Waals surface area contributed by atoms with Crippen molar-refractivity contribution in [2.75, 3.05) is 6.61 Å². The maximum absolute atomic E-state index is 12.0. The second-order valence-electron chi connectivity index (χ2n) is 4.45. The molecule has 6 nitrogen and oxygen atoms in total. The van der Waals surface area contributed by atoms with E-state index in [2.05, 4.69) is 4.79 Å². The lowest BCUT2D eigenvalue weighted by Crippen LogP contribution is -2.20. The molecule has 0 bridgehead atoms. The van der Waals surface area contributed by atoms with Crippen LogP contribution in [0.25, 0.3) is 0 Å². The molecule has 1 fully saturated rings. The van der Waals surface area contributed by atoms with Gasteiger partial charge in [0.05, 0.1) is 32.6 Å². The summed E-state index contributed by atoms with van der Waals surface area (Å²) in [7, 11) is -3.25. The fourth-order valence-corrected chi connectivity index (χ4v) is 3.46. The van der Waals surface area contributed by atoms with Crippen LogP contribution in [0, 0.1) is 5.53 Å². The van der Waals surface area contributed by atoms with E-state index in [-0.39, 0.29) is 22.5 Å². The van der Waals surface area contributed by atoms with E-state index < -0.39 is 15.8 Å². The number of carbonyl (C=O) groups is 1. The van der Waals surface area contributed by atoms with Crippen LogP contribution in [0.4, 0.5) is 0 Å². The largest absolute Gasteiger partial charge is 0.457 e. The Morgan fingerprint density at radius 2 is 1.95 bits per heavy atom. The van der Waals surface area contributed by atoms with Crippen LogP contribution in [0.15, 0.2) is 29.2 Å². The van der Waals surface area contributed by atoms with Crippen molar-refractivity contribution in [1.29, 1.82) is 5.53 Å². The van der Waals surface area contributed by atoms with E-state index >= 15 is 0 Å². The van der Waals surface area contributed by atoms with Crippen LogP contribution in [0.5, 0.6) is 0 Å². The topological polar surface area (TPSA) is 98.4 Å². The third kappa shape index (κ3) is 2.79. The lowest BCUT2D eigenvalue weighted by atomic mass is 10.1. The van der Waals surface area contributed by atoms with Gasteiger partial charge in [-0.15, -0.1) is 0 Å². The average Bonchev–Trinajstić information content (AvgIpc) is 3.25. The highest BCUT2D eigenvalue weighted by Crippen LogP contribution is 2.33. The number of ether oxygens (including phenoxy) is 1. The first-order valence-electron chi connectivity index (χ1n) is 6.26. The lowest BCUT2D eigenvalue weighted by Gasteiger charge is -2.02. The summed E-state index contributed by atoms with van der Waals surface area (Å²) >= 11 is 0. The fourth-order valence-electron chi connectivity index (χ4n) is 1.80. The summed E-state index contributed by atoms with van der Waals surface area (Å²) in [4.78, 5) is 15.0. The van der Waals surface area contributed by atoms with Crippen LogP contribution in [-0.4, -0.2) is 36.7 Å². The zero-order valence-electron chi connectivity index (χ0n) is 11.0. The Bertz CT molecular complexity index is 669. The molecular weight excluding hydrogens is 280 g/mol. The third-order valence-electron chi connectivity index (χ3n) is 3.00. The van der Waals surface area contributed by atoms with Gasteiger partial charge in [0, 0.05) is 0 Å². The molecule has 1 N–H and O–H groups in total. The van der Waals surface area contributed by atoms with Gasteiger partial charge in [-0.1, -0.05) is 0 Å². The van der Waals surface area contributed by atoms with Gasteiger partial charge in [0.1, 0.15) is 0 Å². The standard InChI is InChI=1S/C13H15N2O4S/c1-2-19-13(16)12(15-14)9-3-5-10(6-4-9)20(17,18)11-7-8-11/h3-6,11,14H,2,7-8H2,1H3/q+1. The summed E-state index contributed by atoms with van der Waals surface area (Å²) < 4.78 is 28.8. The predicted octanol–water partition coefficient (Wildman–Crippen LogP) is 1.21. The summed E-state index contributed by atoms with van der Waals surface area (Å²) in [6.07, 6.45) is 1.40. The molecule has 0 amide bonds. The maximum Gasteiger partial charge on any atom is 0.455 e. The van der Waals surface area contributed by atoms with E-state index in [0.717, 1.165) is 0 Å². The number of benzene rings is 1. The first-order chi connectivity index (χ1) is 9.50. The molecule has 0 radical (unpaired) electrons. The van der Waals surface area contributed by atoms with Gasteiger partial charge in [0.25, 0.3) is 0 Å². The second-order valence-corrected chi connectivity index (χ2v) is 6.68. The molecule has 106 valence electrons. The lowest BCUT2D eigenvalue weighted by molar-refractivity contribution is -0.151. The normalized spacial score (nSPS) is 14.4. The molecule has 0 aromatic heterocycles. The van der Waals surface area contributed by atoms with Crippen molar-refractivity contribution in [1.82, 2.24) is 0 Å². The first-order valence-corrected chi connectivity index (χ1v) is 7.81. The Kier molecular flexibility index (Phi) is 4.01. The van der Waals surface area contributed by atoms with Crippen LogP contribution in [0.1, 0.15) is 25.3 Å². The number of esters is 1. The van der Waals surface area contributed by atoms with Gasteiger partial charge in [0.2, 0.25) is 0 Å². The highest BCUT2D eigenvalue weighted by Gasteiger charge is 2.37. The average molecular weight is 295 g/mol. The van der Waals surface area contributed by atoms with Gasteiger partial charge in [-0.2, -0.15) is 0 Å². The molecule has 1 aromatic carbocycles. The highest BCUT2D eigenvalue weighted by molar-refractivity contribution is 7.92. The summed E-state index contributed by atoms with van der Waals surface area (Å²) in [5.41, 5.74) is 7.26. The van der Waals surface area contributed by atoms with Crippen LogP contribution in [0.3, 0.4) is 0 Å².